The molecule has 0 amide bonds. The van der Waals surface area contributed by atoms with Crippen molar-refractivity contribution in [2.75, 3.05) is 13.1 Å². The van der Waals surface area contributed by atoms with Crippen LogP contribution in [-0.2, 0) is 4.79 Å². The molecular formula is C11H22NO. The van der Waals surface area contributed by atoms with Gasteiger partial charge in [0.25, 0.3) is 0 Å². The molecule has 0 saturated heterocycles. The Labute approximate surface area is 82.3 Å². The van der Waals surface area contributed by atoms with Gasteiger partial charge in [0, 0.05) is 0 Å². The van der Waals surface area contributed by atoms with E-state index in [9.17, 15) is 4.79 Å². The van der Waals surface area contributed by atoms with Gasteiger partial charge in [-0.1, -0.05) is 27.2 Å². The van der Waals surface area contributed by atoms with Gasteiger partial charge in [0.2, 0.25) is 6.29 Å². The fraction of sp³-hybridized carbons (Fsp3) is 0.909. The Balaban J connectivity index is 4.02. The van der Waals surface area contributed by atoms with Crippen molar-refractivity contribution in [3.63, 3.8) is 0 Å². The second-order valence-electron chi connectivity index (χ2n) is 3.46. The Morgan fingerprint density at radius 1 is 1.08 bits per heavy atom. The largest absolute Gasteiger partial charge is 0.293 e. The molecule has 2 nitrogen and oxygen atoms in total. The van der Waals surface area contributed by atoms with Crippen LogP contribution < -0.4 is 0 Å². The fourth-order valence-electron chi connectivity index (χ4n) is 1.59. The average Bonchev–Trinajstić information content (AvgIpc) is 2.14. The second-order valence-corrected chi connectivity index (χ2v) is 3.46. The van der Waals surface area contributed by atoms with Gasteiger partial charge in [-0.05, 0) is 32.4 Å². The zero-order valence-corrected chi connectivity index (χ0v) is 9.18. The van der Waals surface area contributed by atoms with Crippen molar-refractivity contribution in [1.82, 2.24) is 4.90 Å². The lowest BCUT2D eigenvalue weighted by molar-refractivity contribution is 0.228. The lowest BCUT2D eigenvalue weighted by Crippen LogP contribution is -2.37. The summed E-state index contributed by atoms with van der Waals surface area (Å²) in [6.07, 6.45) is 6.38. The van der Waals surface area contributed by atoms with E-state index in [0.29, 0.717) is 0 Å². The summed E-state index contributed by atoms with van der Waals surface area (Å²) in [6.45, 7) is 8.45. The van der Waals surface area contributed by atoms with E-state index in [0.717, 1.165) is 38.8 Å². The van der Waals surface area contributed by atoms with Gasteiger partial charge in [-0.25, -0.2) is 0 Å². The van der Waals surface area contributed by atoms with Crippen LogP contribution in [0.3, 0.4) is 0 Å². The molecule has 0 aromatic carbocycles. The van der Waals surface area contributed by atoms with Gasteiger partial charge in [0.15, 0.2) is 0 Å². The first-order chi connectivity index (χ1) is 6.29. The predicted octanol–water partition coefficient (Wildman–Crippen LogP) is 2.39. The molecule has 0 saturated carbocycles. The molecule has 2 heteroatoms. The summed E-state index contributed by atoms with van der Waals surface area (Å²) >= 11 is 0. The molecule has 0 spiro atoms. The molecule has 1 atom stereocenters. The van der Waals surface area contributed by atoms with E-state index in [1.807, 2.05) is 0 Å². The molecule has 0 fully saturated rings. The van der Waals surface area contributed by atoms with Crippen LogP contribution in [0.25, 0.3) is 0 Å². The molecular weight excluding hydrogens is 162 g/mol. The maximum absolute atomic E-state index is 10.7. The van der Waals surface area contributed by atoms with Crippen molar-refractivity contribution in [2.24, 2.45) is 0 Å². The molecule has 0 heterocycles. The molecule has 1 unspecified atom stereocenters. The minimum atomic E-state index is 0.0323. The average molecular weight is 184 g/mol. The van der Waals surface area contributed by atoms with E-state index in [2.05, 4.69) is 32.0 Å². The van der Waals surface area contributed by atoms with Gasteiger partial charge in [-0.15, -0.1) is 0 Å². The van der Waals surface area contributed by atoms with E-state index in [1.54, 1.807) is 0 Å². The number of rotatable bonds is 8. The van der Waals surface area contributed by atoms with Gasteiger partial charge >= 0.3 is 0 Å². The molecule has 13 heavy (non-hydrogen) atoms. The maximum atomic E-state index is 10.7. The standard InChI is InChI=1S/C11H22NO/c1-4-7-11(10-13)12(8-5-2)9-6-3/h11H,4-9H2,1-3H3. The van der Waals surface area contributed by atoms with Gasteiger partial charge in [0.1, 0.15) is 0 Å². The third-order valence-corrected chi connectivity index (χ3v) is 2.16. The zero-order valence-electron chi connectivity index (χ0n) is 9.18. The molecule has 0 aromatic rings. The third kappa shape index (κ3) is 5.04. The topological polar surface area (TPSA) is 20.3 Å². The van der Waals surface area contributed by atoms with Crippen molar-refractivity contribution in [3.05, 3.63) is 0 Å². The number of carbonyl (C=O) groups excluding carboxylic acids is 1. The van der Waals surface area contributed by atoms with E-state index in [4.69, 9.17) is 0 Å². The molecule has 0 aliphatic heterocycles. The monoisotopic (exact) mass is 184 g/mol. The molecule has 0 bridgehead atoms. The molecule has 77 valence electrons. The van der Waals surface area contributed by atoms with E-state index < -0.39 is 0 Å². The smallest absolute Gasteiger partial charge is 0.217 e. The minimum absolute atomic E-state index is 0.0323. The molecule has 0 aliphatic carbocycles. The van der Waals surface area contributed by atoms with Gasteiger partial charge in [0.05, 0.1) is 6.04 Å². The molecule has 0 aliphatic rings. The van der Waals surface area contributed by atoms with Crippen LogP contribution >= 0.6 is 0 Å². The van der Waals surface area contributed by atoms with Gasteiger partial charge in [-0.2, -0.15) is 0 Å². The van der Waals surface area contributed by atoms with Crippen LogP contribution in [0.15, 0.2) is 0 Å². The Bertz CT molecular complexity index is 119. The van der Waals surface area contributed by atoms with Crippen LogP contribution in [0.5, 0.6) is 0 Å². The highest BCUT2D eigenvalue weighted by Gasteiger charge is 2.15. The van der Waals surface area contributed by atoms with Crippen molar-refractivity contribution in [2.45, 2.75) is 52.5 Å². The lowest BCUT2D eigenvalue weighted by Gasteiger charge is -2.26. The summed E-state index contributed by atoms with van der Waals surface area (Å²) in [5.74, 6) is 0. The van der Waals surface area contributed by atoms with E-state index in [1.165, 1.54) is 0 Å². The first-order valence-electron chi connectivity index (χ1n) is 5.41. The van der Waals surface area contributed by atoms with Crippen molar-refractivity contribution in [3.8, 4) is 0 Å². The number of nitrogens with zero attached hydrogens (tertiary/aromatic N) is 1. The third-order valence-electron chi connectivity index (χ3n) is 2.16. The predicted molar refractivity (Wildman–Crippen MR) is 56.5 cm³/mol. The SMILES string of the molecule is CCCC([C]=O)N(CCC)CCC. The highest BCUT2D eigenvalue weighted by molar-refractivity contribution is 5.58. The first kappa shape index (κ1) is 12.6. The summed E-state index contributed by atoms with van der Waals surface area (Å²) < 4.78 is 0. The number of hydrogen-bond acceptors (Lipinski definition) is 2. The fourth-order valence-corrected chi connectivity index (χ4v) is 1.59. The maximum Gasteiger partial charge on any atom is 0.217 e. The highest BCUT2D eigenvalue weighted by atomic mass is 16.1. The van der Waals surface area contributed by atoms with Gasteiger partial charge in [-0.3, -0.25) is 9.69 Å². The number of hydrogen-bond donors (Lipinski definition) is 0. The van der Waals surface area contributed by atoms with Crippen LogP contribution in [0.1, 0.15) is 46.5 Å². The first-order valence-corrected chi connectivity index (χ1v) is 5.41. The molecule has 1 radical (unpaired) electrons. The van der Waals surface area contributed by atoms with Crippen LogP contribution in [0.2, 0.25) is 0 Å². The zero-order chi connectivity index (χ0) is 10.1. The van der Waals surface area contributed by atoms with Crippen molar-refractivity contribution < 1.29 is 4.79 Å². The normalized spacial score (nSPS) is 13.2. The Kier molecular flexibility index (Phi) is 8.00. The van der Waals surface area contributed by atoms with E-state index >= 15 is 0 Å². The lowest BCUT2D eigenvalue weighted by atomic mass is 10.1. The highest BCUT2D eigenvalue weighted by Crippen LogP contribution is 2.06. The molecule has 0 aromatic heterocycles. The quantitative estimate of drug-likeness (QED) is 0.577. The Morgan fingerprint density at radius 3 is 1.92 bits per heavy atom. The second kappa shape index (κ2) is 8.24. The van der Waals surface area contributed by atoms with Crippen LogP contribution in [0, 0.1) is 0 Å². The van der Waals surface area contributed by atoms with Crippen molar-refractivity contribution >= 4 is 6.29 Å². The van der Waals surface area contributed by atoms with Crippen LogP contribution in [-0.4, -0.2) is 30.3 Å². The summed E-state index contributed by atoms with van der Waals surface area (Å²) in [6, 6.07) is 0.0323. The van der Waals surface area contributed by atoms with Crippen molar-refractivity contribution in [1.29, 1.82) is 0 Å². The Hall–Kier alpha value is -0.370. The van der Waals surface area contributed by atoms with Gasteiger partial charge < -0.3 is 0 Å². The summed E-state index contributed by atoms with van der Waals surface area (Å²) in [5.41, 5.74) is 0. The Morgan fingerprint density at radius 2 is 1.62 bits per heavy atom. The summed E-state index contributed by atoms with van der Waals surface area (Å²) in [4.78, 5) is 13.0. The minimum Gasteiger partial charge on any atom is -0.293 e. The summed E-state index contributed by atoms with van der Waals surface area (Å²) in [5, 5.41) is 0. The summed E-state index contributed by atoms with van der Waals surface area (Å²) in [7, 11) is 0. The van der Waals surface area contributed by atoms with E-state index in [-0.39, 0.29) is 6.04 Å². The van der Waals surface area contributed by atoms with Crippen LogP contribution in [0.4, 0.5) is 0 Å². The molecule has 0 N–H and O–H groups in total. The molecule has 0 rings (SSSR count).